The maximum absolute atomic E-state index is 13.3. The van der Waals surface area contributed by atoms with Gasteiger partial charge < -0.3 is 19.5 Å². The van der Waals surface area contributed by atoms with Crippen LogP contribution in [0.25, 0.3) is 5.76 Å². The van der Waals surface area contributed by atoms with Crippen LogP contribution in [0, 0.1) is 5.82 Å². The molecule has 0 saturated carbocycles. The summed E-state index contributed by atoms with van der Waals surface area (Å²) >= 11 is 0. The molecule has 1 aliphatic heterocycles. The minimum Gasteiger partial charge on any atom is -0.507 e. The summed E-state index contributed by atoms with van der Waals surface area (Å²) in [7, 11) is 1.54. The molecule has 1 unspecified atom stereocenters. The Morgan fingerprint density at radius 3 is 2.30 bits per heavy atom. The van der Waals surface area contributed by atoms with Crippen LogP contribution in [0.1, 0.15) is 31.0 Å². The molecule has 3 rings (SSSR count). The zero-order valence-electron chi connectivity index (χ0n) is 17.1. The summed E-state index contributed by atoms with van der Waals surface area (Å²) in [4.78, 5) is 27.0. The predicted octanol–water partition coefficient (Wildman–Crippen LogP) is 3.68. The monoisotopic (exact) mass is 413 g/mol. The third-order valence-corrected chi connectivity index (χ3v) is 4.87. The molecule has 158 valence electrons. The fourth-order valence-electron chi connectivity index (χ4n) is 3.39. The van der Waals surface area contributed by atoms with Crippen molar-refractivity contribution in [3.8, 4) is 5.75 Å². The summed E-state index contributed by atoms with van der Waals surface area (Å²) < 4.78 is 24.0. The number of carbonyl (C=O) groups excluding carboxylic acids is 2. The zero-order valence-corrected chi connectivity index (χ0v) is 17.1. The Hall–Kier alpha value is -3.19. The van der Waals surface area contributed by atoms with Crippen LogP contribution in [-0.4, -0.2) is 48.1 Å². The lowest BCUT2D eigenvalue weighted by atomic mass is 9.95. The van der Waals surface area contributed by atoms with E-state index in [-0.39, 0.29) is 36.2 Å². The summed E-state index contributed by atoms with van der Waals surface area (Å²) in [6, 6.07) is 11.2. The summed E-state index contributed by atoms with van der Waals surface area (Å²) in [5.41, 5.74) is 0.857. The van der Waals surface area contributed by atoms with Gasteiger partial charge in [0.05, 0.1) is 31.4 Å². The summed E-state index contributed by atoms with van der Waals surface area (Å²) in [6.07, 6.45) is -0.0273. The van der Waals surface area contributed by atoms with Crippen LogP contribution < -0.4 is 4.74 Å². The van der Waals surface area contributed by atoms with Crippen molar-refractivity contribution >= 4 is 17.4 Å². The molecule has 1 saturated heterocycles. The Kier molecular flexibility index (Phi) is 6.52. The van der Waals surface area contributed by atoms with Crippen molar-refractivity contribution in [2.45, 2.75) is 26.0 Å². The van der Waals surface area contributed by atoms with E-state index >= 15 is 0 Å². The van der Waals surface area contributed by atoms with Gasteiger partial charge in [0.1, 0.15) is 17.3 Å². The lowest BCUT2D eigenvalue weighted by Crippen LogP contribution is -2.33. The standard InChI is InChI=1S/C23H24FNO5/c1-14(2)30-13-12-25-20(15-6-10-18(29-3)11-7-15)19(22(27)23(25)28)21(26)16-4-8-17(24)9-5-16/h4-11,14,20,26H,12-13H2,1-3H3/b21-19-. The van der Waals surface area contributed by atoms with Crippen LogP contribution in [0.15, 0.2) is 54.1 Å². The number of carbonyl (C=O) groups is 2. The van der Waals surface area contributed by atoms with Gasteiger partial charge in [-0.05, 0) is 55.8 Å². The number of hydrogen-bond acceptors (Lipinski definition) is 5. The Balaban J connectivity index is 2.07. The van der Waals surface area contributed by atoms with Crippen molar-refractivity contribution in [1.29, 1.82) is 0 Å². The Morgan fingerprint density at radius 1 is 1.10 bits per heavy atom. The normalized spacial score (nSPS) is 18.3. The number of methoxy groups -OCH3 is 1. The smallest absolute Gasteiger partial charge is 0.295 e. The number of ketones is 1. The number of Topliss-reactive ketones (excluding diaryl/α,β-unsaturated/α-hetero) is 1. The second-order valence-electron chi connectivity index (χ2n) is 7.19. The number of nitrogens with zero attached hydrogens (tertiary/aromatic N) is 1. The molecule has 30 heavy (non-hydrogen) atoms. The highest BCUT2D eigenvalue weighted by atomic mass is 19.1. The summed E-state index contributed by atoms with van der Waals surface area (Å²) in [5.74, 6) is -1.70. The molecule has 1 atom stereocenters. The highest BCUT2D eigenvalue weighted by Gasteiger charge is 2.45. The molecule has 1 N–H and O–H groups in total. The van der Waals surface area contributed by atoms with Gasteiger partial charge in [-0.3, -0.25) is 9.59 Å². The molecule has 0 bridgehead atoms. The van der Waals surface area contributed by atoms with Gasteiger partial charge in [0.25, 0.3) is 11.7 Å². The number of hydrogen-bond donors (Lipinski definition) is 1. The number of benzene rings is 2. The van der Waals surface area contributed by atoms with Crippen LogP contribution in [0.2, 0.25) is 0 Å². The molecule has 0 spiro atoms. The molecule has 0 radical (unpaired) electrons. The number of likely N-dealkylation sites (tertiary alicyclic amines) is 1. The van der Waals surface area contributed by atoms with E-state index in [1.807, 2.05) is 13.8 Å². The van der Waals surface area contributed by atoms with E-state index in [0.29, 0.717) is 11.3 Å². The van der Waals surface area contributed by atoms with Crippen LogP contribution in [0.4, 0.5) is 4.39 Å². The Labute approximate surface area is 174 Å². The van der Waals surface area contributed by atoms with Gasteiger partial charge >= 0.3 is 0 Å². The third-order valence-electron chi connectivity index (χ3n) is 4.87. The highest BCUT2D eigenvalue weighted by Crippen LogP contribution is 2.39. The van der Waals surface area contributed by atoms with Crippen molar-refractivity contribution < 1.29 is 28.6 Å². The average Bonchev–Trinajstić information content (AvgIpc) is 2.98. The second kappa shape index (κ2) is 9.09. The maximum atomic E-state index is 13.3. The van der Waals surface area contributed by atoms with Gasteiger partial charge in [-0.1, -0.05) is 12.1 Å². The van der Waals surface area contributed by atoms with Crippen molar-refractivity contribution in [2.75, 3.05) is 20.3 Å². The van der Waals surface area contributed by atoms with Gasteiger partial charge in [0, 0.05) is 12.1 Å². The van der Waals surface area contributed by atoms with Crippen LogP contribution in [0.5, 0.6) is 5.75 Å². The first-order valence-electron chi connectivity index (χ1n) is 9.63. The van der Waals surface area contributed by atoms with Crippen LogP contribution in [-0.2, 0) is 14.3 Å². The molecule has 1 aliphatic rings. The number of amides is 1. The van der Waals surface area contributed by atoms with E-state index < -0.39 is 23.5 Å². The molecule has 0 aromatic heterocycles. The molecular formula is C23H24FNO5. The first-order valence-corrected chi connectivity index (χ1v) is 9.63. The highest BCUT2D eigenvalue weighted by molar-refractivity contribution is 6.46. The van der Waals surface area contributed by atoms with E-state index in [2.05, 4.69) is 0 Å². The van der Waals surface area contributed by atoms with E-state index in [4.69, 9.17) is 9.47 Å². The topological polar surface area (TPSA) is 76.1 Å². The van der Waals surface area contributed by atoms with E-state index in [1.165, 1.54) is 29.2 Å². The maximum Gasteiger partial charge on any atom is 0.295 e. The SMILES string of the molecule is COc1ccc(C2/C(=C(/O)c3ccc(F)cc3)C(=O)C(=O)N2CCOC(C)C)cc1. The van der Waals surface area contributed by atoms with Crippen molar-refractivity contribution in [3.63, 3.8) is 0 Å². The zero-order chi connectivity index (χ0) is 21.8. The van der Waals surface area contributed by atoms with Crippen molar-refractivity contribution in [2.24, 2.45) is 0 Å². The minimum atomic E-state index is -0.795. The van der Waals surface area contributed by atoms with Gasteiger partial charge in [-0.15, -0.1) is 0 Å². The lowest BCUT2D eigenvalue weighted by Gasteiger charge is -2.25. The number of rotatable bonds is 7. The quantitative estimate of drug-likeness (QED) is 0.426. The predicted molar refractivity (Wildman–Crippen MR) is 109 cm³/mol. The van der Waals surface area contributed by atoms with Crippen molar-refractivity contribution in [3.05, 3.63) is 71.0 Å². The molecule has 2 aromatic rings. The molecule has 7 heteroatoms. The number of aliphatic hydroxyl groups is 1. The van der Waals surface area contributed by atoms with E-state index in [1.54, 1.807) is 31.4 Å². The molecule has 1 fully saturated rings. The average molecular weight is 413 g/mol. The first-order chi connectivity index (χ1) is 14.3. The minimum absolute atomic E-state index is 0.0273. The fraction of sp³-hybridized carbons (Fsp3) is 0.304. The van der Waals surface area contributed by atoms with Gasteiger partial charge in [0.15, 0.2) is 0 Å². The van der Waals surface area contributed by atoms with Gasteiger partial charge in [-0.25, -0.2) is 4.39 Å². The lowest BCUT2D eigenvalue weighted by molar-refractivity contribution is -0.140. The number of ether oxygens (including phenoxy) is 2. The third kappa shape index (κ3) is 4.36. The van der Waals surface area contributed by atoms with E-state index in [0.717, 1.165) is 0 Å². The second-order valence-corrected chi connectivity index (χ2v) is 7.19. The Bertz CT molecular complexity index is 951. The van der Waals surface area contributed by atoms with Crippen LogP contribution in [0.3, 0.4) is 0 Å². The molecule has 0 aliphatic carbocycles. The summed E-state index contributed by atoms with van der Waals surface area (Å²) in [5, 5.41) is 10.9. The van der Waals surface area contributed by atoms with Gasteiger partial charge in [0.2, 0.25) is 0 Å². The van der Waals surface area contributed by atoms with E-state index in [9.17, 15) is 19.1 Å². The Morgan fingerprint density at radius 2 is 1.73 bits per heavy atom. The summed E-state index contributed by atoms with van der Waals surface area (Å²) in [6.45, 7) is 4.18. The number of halogens is 1. The molecule has 1 amide bonds. The fourth-order valence-corrected chi connectivity index (χ4v) is 3.39. The van der Waals surface area contributed by atoms with Crippen LogP contribution >= 0.6 is 0 Å². The molecule has 1 heterocycles. The van der Waals surface area contributed by atoms with Crippen molar-refractivity contribution in [1.82, 2.24) is 4.90 Å². The molecule has 2 aromatic carbocycles. The number of aliphatic hydroxyl groups excluding tert-OH is 1. The largest absolute Gasteiger partial charge is 0.507 e. The molecular weight excluding hydrogens is 389 g/mol. The first kappa shape index (κ1) is 21.5. The molecule has 6 nitrogen and oxygen atoms in total. The van der Waals surface area contributed by atoms with Gasteiger partial charge in [-0.2, -0.15) is 0 Å².